The zero-order valence-corrected chi connectivity index (χ0v) is 12.9. The Kier molecular flexibility index (Phi) is 5.05. The van der Waals surface area contributed by atoms with Crippen molar-refractivity contribution >= 4 is 27.8 Å². The molecule has 0 aliphatic carbocycles. The van der Waals surface area contributed by atoms with Crippen molar-refractivity contribution in [2.75, 3.05) is 7.11 Å². The van der Waals surface area contributed by atoms with Crippen LogP contribution in [-0.2, 0) is 11.3 Å². The van der Waals surface area contributed by atoms with Gasteiger partial charge >= 0.3 is 5.97 Å². The second-order valence-electron chi connectivity index (χ2n) is 4.22. The van der Waals surface area contributed by atoms with E-state index in [0.29, 0.717) is 22.4 Å². The predicted octanol–water partition coefficient (Wildman–Crippen LogP) is 2.56. The van der Waals surface area contributed by atoms with Gasteiger partial charge in [0, 0.05) is 6.54 Å². The quantitative estimate of drug-likeness (QED) is 0.681. The summed E-state index contributed by atoms with van der Waals surface area (Å²) in [5, 5.41) is 2.77. The van der Waals surface area contributed by atoms with Gasteiger partial charge in [-0.25, -0.2) is 9.78 Å². The molecule has 0 aliphatic heterocycles. The fourth-order valence-electron chi connectivity index (χ4n) is 1.68. The van der Waals surface area contributed by atoms with E-state index >= 15 is 0 Å². The Labute approximate surface area is 130 Å². The summed E-state index contributed by atoms with van der Waals surface area (Å²) in [7, 11) is 1.33. The fraction of sp³-hybridized carbons (Fsp3) is 0.133. The Morgan fingerprint density at radius 3 is 2.52 bits per heavy atom. The molecule has 2 aromatic rings. The number of carbonyl (C=O) groups excluding carboxylic acids is 2. The average Bonchev–Trinajstić information content (AvgIpc) is 2.52. The van der Waals surface area contributed by atoms with Crippen molar-refractivity contribution in [3.05, 3.63) is 63.9 Å². The zero-order valence-electron chi connectivity index (χ0n) is 11.3. The summed E-state index contributed by atoms with van der Waals surface area (Å²) in [5.41, 5.74) is 1.70. The lowest BCUT2D eigenvalue weighted by Crippen LogP contribution is -2.23. The number of amides is 1. The standard InChI is InChI=1S/C15H13BrN2O3/c1-21-15(20)11-7-5-10(6-8-11)9-17-14(19)12-3-2-4-13(16)18-12/h2-8H,9H2,1H3,(H,17,19). The Morgan fingerprint density at radius 1 is 1.19 bits per heavy atom. The van der Waals surface area contributed by atoms with Crippen LogP contribution in [0.3, 0.4) is 0 Å². The molecule has 0 saturated heterocycles. The van der Waals surface area contributed by atoms with Crippen LogP contribution in [0.1, 0.15) is 26.4 Å². The van der Waals surface area contributed by atoms with Crippen LogP contribution in [0.2, 0.25) is 0 Å². The van der Waals surface area contributed by atoms with Crippen LogP contribution in [0.25, 0.3) is 0 Å². The van der Waals surface area contributed by atoms with Crippen LogP contribution in [0.15, 0.2) is 47.1 Å². The van der Waals surface area contributed by atoms with E-state index in [9.17, 15) is 9.59 Å². The van der Waals surface area contributed by atoms with Crippen molar-refractivity contribution in [1.29, 1.82) is 0 Å². The first-order valence-corrected chi connectivity index (χ1v) is 6.97. The molecule has 1 N–H and O–H groups in total. The van der Waals surface area contributed by atoms with Gasteiger partial charge in [0.25, 0.3) is 5.91 Å². The molecule has 1 aromatic heterocycles. The number of nitrogens with zero attached hydrogens (tertiary/aromatic N) is 1. The van der Waals surface area contributed by atoms with Crippen LogP contribution >= 0.6 is 15.9 Å². The van der Waals surface area contributed by atoms with Gasteiger partial charge in [0.2, 0.25) is 0 Å². The van der Waals surface area contributed by atoms with Gasteiger partial charge in [-0.1, -0.05) is 18.2 Å². The molecule has 108 valence electrons. The van der Waals surface area contributed by atoms with Gasteiger partial charge in [0.15, 0.2) is 0 Å². The maximum absolute atomic E-state index is 11.9. The highest BCUT2D eigenvalue weighted by molar-refractivity contribution is 9.10. The number of carbonyl (C=O) groups is 2. The van der Waals surface area contributed by atoms with Crippen molar-refractivity contribution < 1.29 is 14.3 Å². The molecule has 2 rings (SSSR count). The lowest BCUT2D eigenvalue weighted by molar-refractivity contribution is 0.0600. The maximum Gasteiger partial charge on any atom is 0.337 e. The van der Waals surface area contributed by atoms with E-state index in [1.807, 2.05) is 0 Å². The summed E-state index contributed by atoms with van der Waals surface area (Å²) in [6.45, 7) is 0.356. The molecule has 0 aliphatic rings. The molecule has 1 aromatic carbocycles. The Bertz CT molecular complexity index is 656. The van der Waals surface area contributed by atoms with E-state index in [1.54, 1.807) is 42.5 Å². The van der Waals surface area contributed by atoms with Crippen molar-refractivity contribution in [3.8, 4) is 0 Å². The lowest BCUT2D eigenvalue weighted by Gasteiger charge is -2.06. The highest BCUT2D eigenvalue weighted by Crippen LogP contribution is 2.08. The molecular weight excluding hydrogens is 336 g/mol. The number of esters is 1. The number of rotatable bonds is 4. The van der Waals surface area contributed by atoms with Crippen molar-refractivity contribution in [2.45, 2.75) is 6.54 Å². The normalized spacial score (nSPS) is 10.0. The van der Waals surface area contributed by atoms with E-state index in [1.165, 1.54) is 7.11 Å². The maximum atomic E-state index is 11.9. The number of methoxy groups -OCH3 is 1. The number of hydrogen-bond donors (Lipinski definition) is 1. The molecule has 1 amide bonds. The third-order valence-corrected chi connectivity index (χ3v) is 3.22. The highest BCUT2D eigenvalue weighted by atomic mass is 79.9. The molecule has 0 atom stereocenters. The van der Waals surface area contributed by atoms with Gasteiger partial charge in [0.05, 0.1) is 12.7 Å². The predicted molar refractivity (Wildman–Crippen MR) is 80.9 cm³/mol. The number of halogens is 1. The number of aromatic nitrogens is 1. The minimum absolute atomic E-state index is 0.256. The molecule has 5 nitrogen and oxygen atoms in total. The van der Waals surface area contributed by atoms with E-state index in [-0.39, 0.29) is 11.9 Å². The van der Waals surface area contributed by atoms with E-state index in [4.69, 9.17) is 0 Å². The van der Waals surface area contributed by atoms with E-state index in [2.05, 4.69) is 31.0 Å². The number of ether oxygens (including phenoxy) is 1. The molecule has 6 heteroatoms. The zero-order chi connectivity index (χ0) is 15.2. The topological polar surface area (TPSA) is 68.3 Å². The second-order valence-corrected chi connectivity index (χ2v) is 5.03. The highest BCUT2D eigenvalue weighted by Gasteiger charge is 2.08. The van der Waals surface area contributed by atoms with Crippen molar-refractivity contribution in [2.24, 2.45) is 0 Å². The first-order valence-electron chi connectivity index (χ1n) is 6.18. The summed E-state index contributed by atoms with van der Waals surface area (Å²) in [6.07, 6.45) is 0. The van der Waals surface area contributed by atoms with Gasteiger partial charge in [-0.15, -0.1) is 0 Å². The fourth-order valence-corrected chi connectivity index (χ4v) is 2.03. The molecule has 21 heavy (non-hydrogen) atoms. The SMILES string of the molecule is COC(=O)c1ccc(CNC(=O)c2cccc(Br)n2)cc1. The van der Waals surface area contributed by atoms with Gasteiger partial charge in [-0.05, 0) is 45.8 Å². The first kappa shape index (κ1) is 15.2. The number of hydrogen-bond acceptors (Lipinski definition) is 4. The van der Waals surface area contributed by atoms with Gasteiger partial charge in [-0.3, -0.25) is 4.79 Å². The second kappa shape index (κ2) is 6.99. The van der Waals surface area contributed by atoms with E-state index in [0.717, 1.165) is 5.56 Å². The molecule has 0 radical (unpaired) electrons. The Hall–Kier alpha value is -2.21. The number of nitrogens with one attached hydrogen (secondary N) is 1. The number of benzene rings is 1. The summed E-state index contributed by atoms with van der Waals surface area (Å²) in [6, 6.07) is 12.0. The monoisotopic (exact) mass is 348 g/mol. The van der Waals surface area contributed by atoms with Crippen LogP contribution in [-0.4, -0.2) is 24.0 Å². The minimum atomic E-state index is -0.385. The molecular formula is C15H13BrN2O3. The first-order chi connectivity index (χ1) is 10.1. The van der Waals surface area contributed by atoms with Gasteiger partial charge < -0.3 is 10.1 Å². The Morgan fingerprint density at radius 2 is 1.90 bits per heavy atom. The van der Waals surface area contributed by atoms with Crippen LogP contribution < -0.4 is 5.32 Å². The largest absolute Gasteiger partial charge is 0.465 e. The van der Waals surface area contributed by atoms with Crippen LogP contribution in [0.5, 0.6) is 0 Å². The van der Waals surface area contributed by atoms with Crippen molar-refractivity contribution in [3.63, 3.8) is 0 Å². The smallest absolute Gasteiger partial charge is 0.337 e. The van der Waals surface area contributed by atoms with E-state index < -0.39 is 0 Å². The lowest BCUT2D eigenvalue weighted by atomic mass is 10.1. The molecule has 0 spiro atoms. The third-order valence-electron chi connectivity index (χ3n) is 2.78. The Balaban J connectivity index is 1.97. The van der Waals surface area contributed by atoms with Gasteiger partial charge in [0.1, 0.15) is 10.3 Å². The van der Waals surface area contributed by atoms with Crippen molar-refractivity contribution in [1.82, 2.24) is 10.3 Å². The summed E-state index contributed by atoms with van der Waals surface area (Å²) >= 11 is 3.22. The molecule has 0 saturated carbocycles. The molecule has 0 fully saturated rings. The summed E-state index contributed by atoms with van der Waals surface area (Å²) in [4.78, 5) is 27.3. The molecule has 1 heterocycles. The third kappa shape index (κ3) is 4.13. The number of pyridine rings is 1. The summed E-state index contributed by atoms with van der Waals surface area (Å²) < 4.78 is 5.23. The van der Waals surface area contributed by atoms with Crippen LogP contribution in [0, 0.1) is 0 Å². The molecule has 0 unspecified atom stereocenters. The summed E-state index contributed by atoms with van der Waals surface area (Å²) in [5.74, 6) is -0.641. The average molecular weight is 349 g/mol. The minimum Gasteiger partial charge on any atom is -0.465 e. The van der Waals surface area contributed by atoms with Gasteiger partial charge in [-0.2, -0.15) is 0 Å². The van der Waals surface area contributed by atoms with Crippen LogP contribution in [0.4, 0.5) is 0 Å². The molecule has 0 bridgehead atoms.